The van der Waals surface area contributed by atoms with Gasteiger partial charge in [0, 0.05) is 0 Å². The van der Waals surface area contributed by atoms with Gasteiger partial charge in [0.15, 0.2) is 0 Å². The van der Waals surface area contributed by atoms with E-state index in [0.717, 1.165) is 21.9 Å². The first-order chi connectivity index (χ1) is 8.93. The van der Waals surface area contributed by atoms with Crippen LogP contribution in [0.2, 0.25) is 0 Å². The van der Waals surface area contributed by atoms with Crippen LogP contribution in [0.4, 0.5) is 0 Å². The van der Waals surface area contributed by atoms with Gasteiger partial charge < -0.3 is 10.2 Å². The van der Waals surface area contributed by atoms with Crippen molar-refractivity contribution in [3.63, 3.8) is 0 Å². The van der Waals surface area contributed by atoms with Gasteiger partial charge in [-0.3, -0.25) is 0 Å². The number of hydrogen-bond donors (Lipinski definition) is 2. The van der Waals surface area contributed by atoms with Gasteiger partial charge in [-0.1, -0.05) is 57.2 Å². The lowest BCUT2D eigenvalue weighted by Crippen LogP contribution is -2.28. The van der Waals surface area contributed by atoms with Gasteiger partial charge in [0.05, 0.1) is 12.7 Å². The summed E-state index contributed by atoms with van der Waals surface area (Å²) in [6.45, 7) is 6.14. The average Bonchev–Trinajstić information content (AvgIpc) is 2.37. The van der Waals surface area contributed by atoms with E-state index in [1.54, 1.807) is 0 Å². The highest BCUT2D eigenvalue weighted by Gasteiger charge is 2.23. The third-order valence-electron chi connectivity index (χ3n) is 3.66. The summed E-state index contributed by atoms with van der Waals surface area (Å²) in [7, 11) is 0. The van der Waals surface area contributed by atoms with Gasteiger partial charge in [-0.05, 0) is 33.7 Å². The fourth-order valence-corrected chi connectivity index (χ4v) is 2.32. The van der Waals surface area contributed by atoms with Crippen LogP contribution in [0.5, 0.6) is 0 Å². The van der Waals surface area contributed by atoms with Crippen LogP contribution in [0.15, 0.2) is 36.4 Å². The van der Waals surface area contributed by atoms with E-state index in [2.05, 4.69) is 0 Å². The Kier molecular flexibility index (Phi) is 3.93. The highest BCUT2D eigenvalue weighted by atomic mass is 16.3. The first-order valence-electron chi connectivity index (χ1n) is 6.72. The summed E-state index contributed by atoms with van der Waals surface area (Å²) in [5.41, 5.74) is 1.88. The van der Waals surface area contributed by atoms with Crippen LogP contribution in [-0.4, -0.2) is 16.3 Å². The van der Waals surface area contributed by atoms with Crippen LogP contribution >= 0.6 is 0 Å². The van der Waals surface area contributed by atoms with E-state index in [1.165, 1.54) is 0 Å². The van der Waals surface area contributed by atoms with Crippen molar-refractivity contribution < 1.29 is 10.2 Å². The second-order valence-electron chi connectivity index (χ2n) is 6.18. The average molecular weight is 258 g/mol. The molecule has 1 atom stereocenters. The Morgan fingerprint density at radius 3 is 2.11 bits per heavy atom. The van der Waals surface area contributed by atoms with Gasteiger partial charge in [0.25, 0.3) is 0 Å². The van der Waals surface area contributed by atoms with Crippen molar-refractivity contribution in [3.8, 4) is 0 Å². The molecule has 2 aromatic rings. The van der Waals surface area contributed by atoms with Gasteiger partial charge in [0.1, 0.15) is 0 Å². The van der Waals surface area contributed by atoms with Crippen molar-refractivity contribution in [2.75, 3.05) is 0 Å². The molecule has 0 saturated heterocycles. The predicted molar refractivity (Wildman–Crippen MR) is 79.0 cm³/mol. The van der Waals surface area contributed by atoms with Crippen molar-refractivity contribution >= 4 is 10.8 Å². The molecular formula is C17H22O2. The molecule has 0 aromatic heterocycles. The molecular weight excluding hydrogens is 236 g/mol. The molecule has 19 heavy (non-hydrogen) atoms. The van der Waals surface area contributed by atoms with Crippen LogP contribution in [0.3, 0.4) is 0 Å². The standard InChI is InChI=1S/C17H22O2/c1-17(2,3)15(19)10-13-8-4-6-12-7-5-9-14(11-18)16(12)13/h4-9,15,18-19H,10-11H2,1-3H3. The van der Waals surface area contributed by atoms with Gasteiger partial charge in [-0.2, -0.15) is 0 Å². The second-order valence-corrected chi connectivity index (χ2v) is 6.18. The predicted octanol–water partition coefficient (Wildman–Crippen LogP) is 3.28. The molecule has 0 bridgehead atoms. The minimum atomic E-state index is -0.398. The molecule has 0 aliphatic heterocycles. The number of fused-ring (bicyclic) bond motifs is 1. The molecule has 0 fully saturated rings. The lowest BCUT2D eigenvalue weighted by Gasteiger charge is -2.26. The molecule has 1 unspecified atom stereocenters. The Hall–Kier alpha value is -1.38. The minimum Gasteiger partial charge on any atom is -0.392 e. The minimum absolute atomic E-state index is 0.0277. The number of rotatable bonds is 3. The molecule has 2 aromatic carbocycles. The van der Waals surface area contributed by atoms with Crippen molar-refractivity contribution in [1.29, 1.82) is 0 Å². The number of aliphatic hydroxyl groups excluding tert-OH is 2. The summed E-state index contributed by atoms with van der Waals surface area (Å²) in [4.78, 5) is 0. The van der Waals surface area contributed by atoms with Gasteiger partial charge in [0.2, 0.25) is 0 Å². The highest BCUT2D eigenvalue weighted by molar-refractivity contribution is 5.88. The largest absolute Gasteiger partial charge is 0.392 e. The van der Waals surface area contributed by atoms with Crippen LogP contribution in [0.1, 0.15) is 31.9 Å². The third kappa shape index (κ3) is 2.96. The second kappa shape index (κ2) is 5.32. The molecule has 2 rings (SSSR count). The van der Waals surface area contributed by atoms with E-state index in [9.17, 15) is 10.2 Å². The van der Waals surface area contributed by atoms with Crippen LogP contribution in [0, 0.1) is 5.41 Å². The van der Waals surface area contributed by atoms with Crippen LogP contribution < -0.4 is 0 Å². The normalized spacial score (nSPS) is 13.7. The monoisotopic (exact) mass is 258 g/mol. The smallest absolute Gasteiger partial charge is 0.0687 e. The summed E-state index contributed by atoms with van der Waals surface area (Å²) in [6.07, 6.45) is 0.211. The molecule has 2 N–H and O–H groups in total. The number of benzene rings is 2. The van der Waals surface area contributed by atoms with E-state index in [0.29, 0.717) is 6.42 Å². The van der Waals surface area contributed by atoms with Crippen molar-refractivity contribution in [1.82, 2.24) is 0 Å². The molecule has 0 aliphatic carbocycles. The van der Waals surface area contributed by atoms with Crippen LogP contribution in [0.25, 0.3) is 10.8 Å². The van der Waals surface area contributed by atoms with E-state index in [1.807, 2.05) is 57.2 Å². The molecule has 0 heterocycles. The maximum Gasteiger partial charge on any atom is 0.0687 e. The maximum absolute atomic E-state index is 10.3. The third-order valence-corrected chi connectivity index (χ3v) is 3.66. The van der Waals surface area contributed by atoms with Gasteiger partial charge in [-0.25, -0.2) is 0 Å². The fraction of sp³-hybridized carbons (Fsp3) is 0.412. The quantitative estimate of drug-likeness (QED) is 0.887. The summed E-state index contributed by atoms with van der Waals surface area (Å²) >= 11 is 0. The first-order valence-corrected chi connectivity index (χ1v) is 6.72. The fourth-order valence-electron chi connectivity index (χ4n) is 2.32. The number of hydrogen-bond acceptors (Lipinski definition) is 2. The molecule has 0 aliphatic rings. The van der Waals surface area contributed by atoms with Crippen molar-refractivity contribution in [2.45, 2.75) is 39.9 Å². The molecule has 2 nitrogen and oxygen atoms in total. The van der Waals surface area contributed by atoms with Crippen LogP contribution in [-0.2, 0) is 13.0 Å². The maximum atomic E-state index is 10.3. The lowest BCUT2D eigenvalue weighted by atomic mass is 9.84. The van der Waals surface area contributed by atoms with E-state index in [4.69, 9.17) is 0 Å². The molecule has 0 saturated carbocycles. The lowest BCUT2D eigenvalue weighted by molar-refractivity contribution is 0.0638. The highest BCUT2D eigenvalue weighted by Crippen LogP contribution is 2.28. The Morgan fingerprint density at radius 1 is 1.00 bits per heavy atom. The van der Waals surface area contributed by atoms with Gasteiger partial charge >= 0.3 is 0 Å². The molecule has 102 valence electrons. The summed E-state index contributed by atoms with van der Waals surface area (Å²) in [5.74, 6) is 0. The van der Waals surface area contributed by atoms with E-state index < -0.39 is 6.10 Å². The molecule has 2 heteroatoms. The Balaban J connectivity index is 2.49. The molecule has 0 radical (unpaired) electrons. The summed E-state index contributed by atoms with van der Waals surface area (Å²) < 4.78 is 0. The number of aliphatic hydroxyl groups is 2. The molecule has 0 amide bonds. The Bertz CT molecular complexity index is 562. The topological polar surface area (TPSA) is 40.5 Å². The van der Waals surface area contributed by atoms with Crippen molar-refractivity contribution in [2.24, 2.45) is 5.41 Å². The SMILES string of the molecule is CC(C)(C)C(O)Cc1cccc2cccc(CO)c12. The van der Waals surface area contributed by atoms with E-state index in [-0.39, 0.29) is 12.0 Å². The Labute approximate surface area is 114 Å². The zero-order valence-corrected chi connectivity index (χ0v) is 11.9. The first kappa shape index (κ1) is 14.0. The zero-order chi connectivity index (χ0) is 14.0. The summed E-state index contributed by atoms with van der Waals surface area (Å²) in [5, 5.41) is 22.0. The van der Waals surface area contributed by atoms with E-state index >= 15 is 0 Å². The van der Waals surface area contributed by atoms with Crippen molar-refractivity contribution in [3.05, 3.63) is 47.5 Å². The zero-order valence-electron chi connectivity index (χ0n) is 11.9. The van der Waals surface area contributed by atoms with Gasteiger partial charge in [-0.15, -0.1) is 0 Å². The Morgan fingerprint density at radius 2 is 1.58 bits per heavy atom. The summed E-state index contributed by atoms with van der Waals surface area (Å²) in [6, 6.07) is 12.0. The molecule has 0 spiro atoms.